The number of rotatable bonds is 1. The number of hydrazine groups is 1. The second-order valence-corrected chi connectivity index (χ2v) is 1.38. The summed E-state index contributed by atoms with van der Waals surface area (Å²) in [6, 6.07) is 0. The highest BCUT2D eigenvalue weighted by Gasteiger charge is 2.37. The molecule has 1 rings (SSSR count). The average molecular weight is 89.1 g/mol. The first-order valence-corrected chi connectivity index (χ1v) is 1.70. The Morgan fingerprint density at radius 1 is 2.00 bits per heavy atom. The first kappa shape index (κ1) is 4.01. The summed E-state index contributed by atoms with van der Waals surface area (Å²) >= 11 is 0. The summed E-state index contributed by atoms with van der Waals surface area (Å²) < 4.78 is 0. The van der Waals surface area contributed by atoms with Crippen LogP contribution in [0.15, 0.2) is 0 Å². The fraction of sp³-hybridized carbons (Fsp3) is 1.00. The zero-order valence-corrected chi connectivity index (χ0v) is 3.49. The monoisotopic (exact) mass is 89.1 g/mol. The Bertz CT molecular complexity index is 59.8. The van der Waals surface area contributed by atoms with Gasteiger partial charge in [0.2, 0.25) is 5.85 Å². The Labute approximate surface area is 35.6 Å². The van der Waals surface area contributed by atoms with Crippen LogP contribution in [0.2, 0.25) is 0 Å². The molecule has 4 heteroatoms. The van der Waals surface area contributed by atoms with Gasteiger partial charge in [0.05, 0.1) is 0 Å². The standard InChI is InChI=1S/C2H7N3O/c1-2(4-3)5-6-2/h4-5H,3H2,1H3. The van der Waals surface area contributed by atoms with Crippen molar-refractivity contribution in [3.8, 4) is 0 Å². The number of hydroxylamine groups is 1. The highest BCUT2D eigenvalue weighted by Crippen LogP contribution is 2.09. The second kappa shape index (κ2) is 0.913. The van der Waals surface area contributed by atoms with Crippen molar-refractivity contribution < 1.29 is 4.84 Å². The third-order valence-electron chi connectivity index (χ3n) is 0.684. The van der Waals surface area contributed by atoms with E-state index in [1.165, 1.54) is 0 Å². The van der Waals surface area contributed by atoms with Crippen LogP contribution in [-0.4, -0.2) is 5.85 Å². The number of hydrogen-bond donors (Lipinski definition) is 3. The molecule has 4 N–H and O–H groups in total. The van der Waals surface area contributed by atoms with Crippen molar-refractivity contribution in [2.24, 2.45) is 5.84 Å². The van der Waals surface area contributed by atoms with Crippen molar-refractivity contribution in [3.63, 3.8) is 0 Å². The zero-order chi connectivity index (χ0) is 4.62. The molecule has 0 spiro atoms. The molecule has 6 heavy (non-hydrogen) atoms. The van der Waals surface area contributed by atoms with Crippen LogP contribution in [0.5, 0.6) is 0 Å². The quantitative estimate of drug-likeness (QED) is 0.211. The molecule has 0 radical (unpaired) electrons. The molecule has 0 aromatic carbocycles. The molecule has 0 aromatic rings. The fourth-order valence-corrected chi connectivity index (χ4v) is 0.135. The van der Waals surface area contributed by atoms with Crippen molar-refractivity contribution in [3.05, 3.63) is 0 Å². The van der Waals surface area contributed by atoms with Crippen LogP contribution in [-0.2, 0) is 4.84 Å². The number of hydrogen-bond acceptors (Lipinski definition) is 4. The van der Waals surface area contributed by atoms with E-state index in [-0.39, 0.29) is 0 Å². The third-order valence-corrected chi connectivity index (χ3v) is 0.684. The summed E-state index contributed by atoms with van der Waals surface area (Å²) in [5.41, 5.74) is 4.91. The van der Waals surface area contributed by atoms with Gasteiger partial charge in [-0.3, -0.25) is 10.7 Å². The summed E-state index contributed by atoms with van der Waals surface area (Å²) in [6.07, 6.45) is 0. The molecule has 1 aliphatic rings. The van der Waals surface area contributed by atoms with Crippen molar-refractivity contribution in [2.75, 3.05) is 0 Å². The largest absolute Gasteiger partial charge is 0.268 e. The van der Waals surface area contributed by atoms with Gasteiger partial charge in [0.15, 0.2) is 0 Å². The minimum Gasteiger partial charge on any atom is -0.268 e. The van der Waals surface area contributed by atoms with Gasteiger partial charge in [0.1, 0.15) is 0 Å². The first-order valence-electron chi connectivity index (χ1n) is 1.70. The molecular formula is C2H7N3O. The molecule has 0 bridgehead atoms. The van der Waals surface area contributed by atoms with E-state index in [1.807, 2.05) is 0 Å². The highest BCUT2D eigenvalue weighted by molar-refractivity contribution is 4.68. The Kier molecular flexibility index (Phi) is 0.611. The van der Waals surface area contributed by atoms with Crippen LogP contribution >= 0.6 is 0 Å². The Morgan fingerprint density at radius 2 is 2.50 bits per heavy atom. The van der Waals surface area contributed by atoms with Gasteiger partial charge in [0, 0.05) is 0 Å². The van der Waals surface area contributed by atoms with Crippen LogP contribution in [0, 0.1) is 0 Å². The van der Waals surface area contributed by atoms with Crippen LogP contribution in [0.4, 0.5) is 0 Å². The summed E-state index contributed by atoms with van der Waals surface area (Å²) in [5, 5.41) is 0. The summed E-state index contributed by atoms with van der Waals surface area (Å²) in [4.78, 5) is 4.56. The molecule has 1 atom stereocenters. The SMILES string of the molecule is CC1(NN)NO1. The molecule has 0 aliphatic carbocycles. The Hall–Kier alpha value is -0.160. The van der Waals surface area contributed by atoms with Gasteiger partial charge in [-0.05, 0) is 6.92 Å². The van der Waals surface area contributed by atoms with E-state index in [2.05, 4.69) is 15.7 Å². The maximum absolute atomic E-state index is 4.93. The van der Waals surface area contributed by atoms with Gasteiger partial charge in [-0.15, -0.1) is 0 Å². The molecular weight excluding hydrogens is 82.0 g/mol. The van der Waals surface area contributed by atoms with E-state index in [4.69, 9.17) is 5.84 Å². The van der Waals surface area contributed by atoms with Gasteiger partial charge in [0.25, 0.3) is 0 Å². The van der Waals surface area contributed by atoms with Crippen LogP contribution < -0.4 is 16.7 Å². The van der Waals surface area contributed by atoms with Crippen molar-refractivity contribution in [1.82, 2.24) is 10.9 Å². The van der Waals surface area contributed by atoms with Crippen molar-refractivity contribution in [2.45, 2.75) is 12.8 Å². The maximum Gasteiger partial charge on any atom is 0.224 e. The minimum atomic E-state index is -0.431. The van der Waals surface area contributed by atoms with Gasteiger partial charge in [-0.1, -0.05) is 0 Å². The van der Waals surface area contributed by atoms with Crippen LogP contribution in [0.25, 0.3) is 0 Å². The normalized spacial score (nSPS) is 43.0. The maximum atomic E-state index is 4.93. The van der Waals surface area contributed by atoms with Gasteiger partial charge in [-0.25, -0.2) is 5.43 Å². The topological polar surface area (TPSA) is 72.5 Å². The van der Waals surface area contributed by atoms with E-state index in [0.29, 0.717) is 0 Å². The predicted octanol–water partition coefficient (Wildman–Crippen LogP) is -1.34. The molecule has 0 saturated carbocycles. The molecule has 1 saturated heterocycles. The smallest absolute Gasteiger partial charge is 0.224 e. The van der Waals surface area contributed by atoms with E-state index < -0.39 is 5.85 Å². The lowest BCUT2D eigenvalue weighted by Gasteiger charge is -1.93. The lowest BCUT2D eigenvalue weighted by atomic mass is 10.6. The number of nitrogens with one attached hydrogen (secondary N) is 2. The van der Waals surface area contributed by atoms with Gasteiger partial charge < -0.3 is 0 Å². The fourth-order valence-electron chi connectivity index (χ4n) is 0.135. The lowest BCUT2D eigenvalue weighted by Crippen LogP contribution is -2.37. The highest BCUT2D eigenvalue weighted by atomic mass is 16.8. The summed E-state index contributed by atoms with van der Waals surface area (Å²) in [7, 11) is 0. The average Bonchev–Trinajstić information content (AvgIpc) is 2.22. The first-order chi connectivity index (χ1) is 2.77. The lowest BCUT2D eigenvalue weighted by molar-refractivity contribution is 0.270. The zero-order valence-electron chi connectivity index (χ0n) is 3.49. The van der Waals surface area contributed by atoms with Crippen molar-refractivity contribution >= 4 is 0 Å². The van der Waals surface area contributed by atoms with Crippen molar-refractivity contribution in [1.29, 1.82) is 0 Å². The Morgan fingerprint density at radius 3 is 2.50 bits per heavy atom. The van der Waals surface area contributed by atoms with Gasteiger partial charge >= 0.3 is 0 Å². The minimum absolute atomic E-state index is 0.431. The molecule has 1 heterocycles. The summed E-state index contributed by atoms with van der Waals surface area (Å²) in [6.45, 7) is 1.78. The van der Waals surface area contributed by atoms with E-state index >= 15 is 0 Å². The van der Waals surface area contributed by atoms with E-state index in [9.17, 15) is 0 Å². The van der Waals surface area contributed by atoms with E-state index in [1.54, 1.807) is 6.92 Å². The third kappa shape index (κ3) is 0.504. The molecule has 36 valence electrons. The predicted molar refractivity (Wildman–Crippen MR) is 19.9 cm³/mol. The Balaban J connectivity index is 2.28. The molecule has 1 aliphatic heterocycles. The molecule has 1 unspecified atom stereocenters. The molecule has 0 amide bonds. The summed E-state index contributed by atoms with van der Waals surface area (Å²) in [5.74, 6) is 4.50. The molecule has 0 aromatic heterocycles. The number of nitrogens with two attached hydrogens (primary N) is 1. The van der Waals surface area contributed by atoms with E-state index in [0.717, 1.165) is 0 Å². The second-order valence-electron chi connectivity index (χ2n) is 1.38. The van der Waals surface area contributed by atoms with Crippen LogP contribution in [0.3, 0.4) is 0 Å². The van der Waals surface area contributed by atoms with Gasteiger partial charge in [-0.2, -0.15) is 5.48 Å². The molecule has 1 fully saturated rings. The van der Waals surface area contributed by atoms with Crippen LogP contribution in [0.1, 0.15) is 6.92 Å². The molecule has 4 nitrogen and oxygen atoms in total.